The van der Waals surface area contributed by atoms with Crippen LogP contribution in [0.3, 0.4) is 0 Å². The van der Waals surface area contributed by atoms with E-state index in [1.807, 2.05) is 24.8 Å². The zero-order chi connectivity index (χ0) is 15.4. The Labute approximate surface area is 139 Å². The van der Waals surface area contributed by atoms with Gasteiger partial charge in [-0.3, -0.25) is 4.68 Å². The Morgan fingerprint density at radius 2 is 2.19 bits per heavy atom. The molecule has 0 saturated heterocycles. The lowest BCUT2D eigenvalue weighted by Crippen LogP contribution is -2.20. The normalized spacial score (nSPS) is 12.6. The second kappa shape index (κ2) is 7.43. The minimum Gasteiger partial charge on any atom is -0.319 e. The highest BCUT2D eigenvalue weighted by molar-refractivity contribution is 9.10. The van der Waals surface area contributed by atoms with Gasteiger partial charge < -0.3 is 5.32 Å². The van der Waals surface area contributed by atoms with Crippen LogP contribution < -0.4 is 5.32 Å². The van der Waals surface area contributed by atoms with Crippen LogP contribution in [0.25, 0.3) is 0 Å². The topological polar surface area (TPSA) is 29.9 Å². The summed E-state index contributed by atoms with van der Waals surface area (Å²) in [6.45, 7) is 2.98. The molecule has 0 saturated carbocycles. The molecule has 1 atom stereocenters. The van der Waals surface area contributed by atoms with E-state index >= 15 is 0 Å². The lowest BCUT2D eigenvalue weighted by Gasteiger charge is -2.18. The maximum Gasteiger partial charge on any atom is 0.0849 e. The summed E-state index contributed by atoms with van der Waals surface area (Å²) in [4.78, 5) is 0. The zero-order valence-electron chi connectivity index (χ0n) is 12.7. The van der Waals surface area contributed by atoms with Gasteiger partial charge in [0, 0.05) is 24.0 Å². The fraction of sp³-hybridized carbons (Fsp3) is 0.438. The number of halogens is 2. The van der Waals surface area contributed by atoms with Crippen molar-refractivity contribution in [2.45, 2.75) is 25.7 Å². The molecule has 0 aliphatic carbocycles. The molecule has 1 aromatic carbocycles. The number of aryl methyl sites for hydroxylation is 2. The number of aromatic nitrogens is 2. The van der Waals surface area contributed by atoms with Crippen molar-refractivity contribution in [1.29, 1.82) is 0 Å². The van der Waals surface area contributed by atoms with Crippen molar-refractivity contribution in [3.8, 4) is 0 Å². The summed E-state index contributed by atoms with van der Waals surface area (Å²) in [6.07, 6.45) is 1.74. The van der Waals surface area contributed by atoms with Crippen molar-refractivity contribution in [2.24, 2.45) is 7.05 Å². The molecule has 1 heterocycles. The van der Waals surface area contributed by atoms with E-state index in [2.05, 4.69) is 51.5 Å². The van der Waals surface area contributed by atoms with Crippen LogP contribution in [0.2, 0.25) is 5.02 Å². The first-order valence-corrected chi connectivity index (χ1v) is 8.34. The smallest absolute Gasteiger partial charge is 0.0849 e. The van der Waals surface area contributed by atoms with E-state index < -0.39 is 0 Å². The summed E-state index contributed by atoms with van der Waals surface area (Å²) in [5, 5.41) is 8.60. The lowest BCUT2D eigenvalue weighted by molar-refractivity contribution is 0.590. The van der Waals surface area contributed by atoms with Gasteiger partial charge in [0.2, 0.25) is 0 Å². The molecule has 0 amide bonds. The van der Waals surface area contributed by atoms with E-state index in [9.17, 15) is 0 Å². The van der Waals surface area contributed by atoms with Gasteiger partial charge in [-0.2, -0.15) is 5.10 Å². The zero-order valence-corrected chi connectivity index (χ0v) is 15.0. The summed E-state index contributed by atoms with van der Waals surface area (Å²) >= 11 is 10.0. The summed E-state index contributed by atoms with van der Waals surface area (Å²) in [5.41, 5.74) is 3.38. The second-order valence-electron chi connectivity index (χ2n) is 5.20. The van der Waals surface area contributed by atoms with Gasteiger partial charge in [-0.25, -0.2) is 0 Å². The van der Waals surface area contributed by atoms with Crippen LogP contribution in [0, 0.1) is 0 Å². The van der Waals surface area contributed by atoms with Crippen LogP contribution in [0.4, 0.5) is 0 Å². The molecule has 0 radical (unpaired) electrons. The van der Waals surface area contributed by atoms with Gasteiger partial charge in [-0.1, -0.05) is 46.6 Å². The van der Waals surface area contributed by atoms with Crippen LogP contribution in [-0.2, 0) is 19.9 Å². The molecule has 0 fully saturated rings. The molecule has 114 valence electrons. The summed E-state index contributed by atoms with van der Waals surface area (Å²) in [7, 11) is 3.95. The standard InChI is InChI=1S/C16H21BrClN3/c1-4-14-16(18)15(21(3)20-14)9-12(10-19-2)11-6-5-7-13(17)8-11/h5-8,12,19H,4,9-10H2,1-3H3. The van der Waals surface area contributed by atoms with Gasteiger partial charge in [0.25, 0.3) is 0 Å². The van der Waals surface area contributed by atoms with Crippen molar-refractivity contribution in [2.75, 3.05) is 13.6 Å². The highest BCUT2D eigenvalue weighted by Gasteiger charge is 2.19. The Morgan fingerprint density at radius 1 is 1.43 bits per heavy atom. The molecule has 21 heavy (non-hydrogen) atoms. The van der Waals surface area contributed by atoms with Gasteiger partial charge >= 0.3 is 0 Å². The fourth-order valence-electron chi connectivity index (χ4n) is 2.59. The third kappa shape index (κ3) is 3.87. The summed E-state index contributed by atoms with van der Waals surface area (Å²) in [6, 6.07) is 8.46. The van der Waals surface area contributed by atoms with Crippen LogP contribution in [-0.4, -0.2) is 23.4 Å². The maximum absolute atomic E-state index is 6.48. The molecule has 1 N–H and O–H groups in total. The average molecular weight is 371 g/mol. The van der Waals surface area contributed by atoms with Crippen molar-refractivity contribution >= 4 is 27.5 Å². The number of nitrogens with one attached hydrogen (secondary N) is 1. The molecule has 3 nitrogen and oxygen atoms in total. The van der Waals surface area contributed by atoms with E-state index in [1.165, 1.54) is 5.56 Å². The molecule has 5 heteroatoms. The van der Waals surface area contributed by atoms with Gasteiger partial charge in [0.05, 0.1) is 16.4 Å². The Kier molecular flexibility index (Phi) is 5.85. The fourth-order valence-corrected chi connectivity index (χ4v) is 3.38. The first-order valence-electron chi connectivity index (χ1n) is 7.17. The van der Waals surface area contributed by atoms with Gasteiger partial charge in [-0.05, 0) is 37.6 Å². The van der Waals surface area contributed by atoms with E-state index in [-0.39, 0.29) is 0 Å². The Bertz CT molecular complexity index is 610. The number of hydrogen-bond acceptors (Lipinski definition) is 2. The van der Waals surface area contributed by atoms with Crippen LogP contribution in [0.15, 0.2) is 28.7 Å². The van der Waals surface area contributed by atoms with E-state index in [1.54, 1.807) is 0 Å². The molecule has 0 spiro atoms. The molecule has 0 aliphatic rings. The number of hydrogen-bond donors (Lipinski definition) is 1. The predicted molar refractivity (Wildman–Crippen MR) is 92.1 cm³/mol. The van der Waals surface area contributed by atoms with Crippen molar-refractivity contribution in [3.05, 3.63) is 50.7 Å². The van der Waals surface area contributed by atoms with Gasteiger partial charge in [0.15, 0.2) is 0 Å². The van der Waals surface area contributed by atoms with Crippen LogP contribution >= 0.6 is 27.5 Å². The molecular formula is C16H21BrClN3. The quantitative estimate of drug-likeness (QED) is 0.834. The Hall–Kier alpha value is -0.840. The highest BCUT2D eigenvalue weighted by atomic mass is 79.9. The minimum atomic E-state index is 0.366. The number of likely N-dealkylation sites (N-methyl/N-ethyl adjacent to an activating group) is 1. The van der Waals surface area contributed by atoms with Gasteiger partial charge in [0.1, 0.15) is 0 Å². The van der Waals surface area contributed by atoms with Crippen molar-refractivity contribution in [1.82, 2.24) is 15.1 Å². The number of rotatable bonds is 6. The van der Waals surface area contributed by atoms with E-state index in [0.717, 1.165) is 40.3 Å². The molecule has 0 bridgehead atoms. The first-order chi connectivity index (χ1) is 10.1. The van der Waals surface area contributed by atoms with Gasteiger partial charge in [-0.15, -0.1) is 0 Å². The molecule has 1 unspecified atom stereocenters. The lowest BCUT2D eigenvalue weighted by atomic mass is 9.94. The van der Waals surface area contributed by atoms with E-state index in [0.29, 0.717) is 5.92 Å². The Morgan fingerprint density at radius 3 is 2.76 bits per heavy atom. The molecule has 1 aromatic heterocycles. The first kappa shape index (κ1) is 16.5. The highest BCUT2D eigenvalue weighted by Crippen LogP contribution is 2.28. The predicted octanol–water partition coefficient (Wildman–Crippen LogP) is 3.94. The van der Waals surface area contributed by atoms with Crippen LogP contribution in [0.1, 0.15) is 29.8 Å². The van der Waals surface area contributed by atoms with Crippen molar-refractivity contribution in [3.63, 3.8) is 0 Å². The second-order valence-corrected chi connectivity index (χ2v) is 6.49. The average Bonchev–Trinajstić information content (AvgIpc) is 2.74. The monoisotopic (exact) mass is 369 g/mol. The molecule has 0 aliphatic heterocycles. The number of nitrogens with zero attached hydrogens (tertiary/aromatic N) is 2. The third-order valence-electron chi connectivity index (χ3n) is 3.71. The van der Waals surface area contributed by atoms with Crippen molar-refractivity contribution < 1.29 is 0 Å². The summed E-state index contributed by atoms with van der Waals surface area (Å²) in [5.74, 6) is 0.366. The number of benzene rings is 1. The molecule has 2 rings (SSSR count). The van der Waals surface area contributed by atoms with E-state index in [4.69, 9.17) is 11.6 Å². The third-order valence-corrected chi connectivity index (χ3v) is 4.64. The summed E-state index contributed by atoms with van der Waals surface area (Å²) < 4.78 is 3.02. The SMILES string of the molecule is CCc1nn(C)c(CC(CNC)c2cccc(Br)c2)c1Cl. The Balaban J connectivity index is 2.30. The molecule has 2 aromatic rings. The minimum absolute atomic E-state index is 0.366. The maximum atomic E-state index is 6.48. The molecular weight excluding hydrogens is 350 g/mol. The van der Waals surface area contributed by atoms with Crippen LogP contribution in [0.5, 0.6) is 0 Å². The largest absolute Gasteiger partial charge is 0.319 e.